The highest BCUT2D eigenvalue weighted by molar-refractivity contribution is 9.10. The van der Waals surface area contributed by atoms with E-state index in [1.807, 2.05) is 0 Å². The van der Waals surface area contributed by atoms with Crippen molar-refractivity contribution in [3.8, 4) is 0 Å². The number of hydrogen-bond acceptors (Lipinski definition) is 1. The number of rotatable bonds is 3. The summed E-state index contributed by atoms with van der Waals surface area (Å²) in [7, 11) is 0. The highest BCUT2D eigenvalue weighted by atomic mass is 79.9. The lowest BCUT2D eigenvalue weighted by Crippen LogP contribution is -2.29. The van der Waals surface area contributed by atoms with Gasteiger partial charge in [-0.3, -0.25) is 0 Å². The first-order valence-electron chi connectivity index (χ1n) is 7.09. The Balaban J connectivity index is 2.03. The molecule has 1 aromatic rings. The van der Waals surface area contributed by atoms with Gasteiger partial charge in [0.1, 0.15) is 0 Å². The summed E-state index contributed by atoms with van der Waals surface area (Å²) in [6.07, 6.45) is 5.42. The molecule has 0 saturated heterocycles. The average molecular weight is 310 g/mol. The van der Waals surface area contributed by atoms with Gasteiger partial charge < -0.3 is 5.32 Å². The molecule has 0 heterocycles. The zero-order valence-corrected chi connectivity index (χ0v) is 13.3. The first-order chi connectivity index (χ1) is 8.58. The van der Waals surface area contributed by atoms with Gasteiger partial charge in [0, 0.05) is 16.2 Å². The molecule has 0 amide bonds. The molecule has 1 fully saturated rings. The second-order valence-electron chi connectivity index (χ2n) is 5.92. The van der Waals surface area contributed by atoms with Crippen molar-refractivity contribution in [2.24, 2.45) is 11.8 Å². The third-order valence-corrected chi connectivity index (χ3v) is 5.14. The molecule has 0 bridgehead atoms. The van der Waals surface area contributed by atoms with Gasteiger partial charge in [0.15, 0.2) is 0 Å². The summed E-state index contributed by atoms with van der Waals surface area (Å²) < 4.78 is 1.20. The number of benzene rings is 1. The molecule has 1 nitrogen and oxygen atoms in total. The topological polar surface area (TPSA) is 12.0 Å². The Kier molecular flexibility index (Phi) is 4.71. The number of halogens is 1. The molecule has 1 saturated carbocycles. The highest BCUT2D eigenvalue weighted by Gasteiger charge is 2.24. The molecule has 1 aliphatic rings. The van der Waals surface area contributed by atoms with Crippen molar-refractivity contribution < 1.29 is 0 Å². The summed E-state index contributed by atoms with van der Waals surface area (Å²) in [6, 6.07) is 7.07. The minimum atomic E-state index is 0.652. The van der Waals surface area contributed by atoms with Crippen LogP contribution < -0.4 is 5.32 Å². The van der Waals surface area contributed by atoms with Crippen LogP contribution in [0.2, 0.25) is 0 Å². The number of nitrogens with one attached hydrogen (secondary N) is 1. The molecular formula is C16H24BrN. The van der Waals surface area contributed by atoms with Crippen LogP contribution >= 0.6 is 15.9 Å². The van der Waals surface area contributed by atoms with Crippen LogP contribution in [0, 0.1) is 18.8 Å². The van der Waals surface area contributed by atoms with Crippen LogP contribution in [-0.4, -0.2) is 6.04 Å². The summed E-state index contributed by atoms with van der Waals surface area (Å²) in [5.74, 6) is 1.71. The fourth-order valence-corrected chi connectivity index (χ4v) is 3.31. The molecule has 2 unspecified atom stereocenters. The van der Waals surface area contributed by atoms with Gasteiger partial charge in [-0.25, -0.2) is 0 Å². The zero-order chi connectivity index (χ0) is 13.1. The van der Waals surface area contributed by atoms with E-state index < -0.39 is 0 Å². The van der Waals surface area contributed by atoms with Gasteiger partial charge in [0.2, 0.25) is 0 Å². The van der Waals surface area contributed by atoms with Gasteiger partial charge in [-0.15, -0.1) is 0 Å². The molecule has 1 aromatic carbocycles. The van der Waals surface area contributed by atoms with Gasteiger partial charge in [0.05, 0.1) is 0 Å². The molecule has 2 heteroatoms. The molecule has 0 aromatic heterocycles. The van der Waals surface area contributed by atoms with Gasteiger partial charge in [0.25, 0.3) is 0 Å². The van der Waals surface area contributed by atoms with E-state index in [-0.39, 0.29) is 0 Å². The zero-order valence-electron chi connectivity index (χ0n) is 11.7. The van der Waals surface area contributed by atoms with Crippen molar-refractivity contribution in [2.75, 3.05) is 5.32 Å². The largest absolute Gasteiger partial charge is 0.382 e. The van der Waals surface area contributed by atoms with Crippen molar-refractivity contribution in [2.45, 2.75) is 52.5 Å². The molecule has 1 N–H and O–H groups in total. The van der Waals surface area contributed by atoms with E-state index in [1.165, 1.54) is 41.4 Å². The summed E-state index contributed by atoms with van der Waals surface area (Å²) >= 11 is 3.61. The Morgan fingerprint density at radius 3 is 2.78 bits per heavy atom. The van der Waals surface area contributed by atoms with Gasteiger partial charge in [-0.1, -0.05) is 48.7 Å². The van der Waals surface area contributed by atoms with Gasteiger partial charge in [-0.2, -0.15) is 0 Å². The Morgan fingerprint density at radius 2 is 2.06 bits per heavy atom. The molecule has 0 radical (unpaired) electrons. The van der Waals surface area contributed by atoms with E-state index in [0.717, 1.165) is 11.8 Å². The second-order valence-corrected chi connectivity index (χ2v) is 6.78. The van der Waals surface area contributed by atoms with E-state index >= 15 is 0 Å². The minimum absolute atomic E-state index is 0.652. The van der Waals surface area contributed by atoms with Crippen molar-refractivity contribution in [3.63, 3.8) is 0 Å². The highest BCUT2D eigenvalue weighted by Crippen LogP contribution is 2.33. The molecule has 2 atom stereocenters. The maximum absolute atomic E-state index is 3.74. The van der Waals surface area contributed by atoms with E-state index in [0.29, 0.717) is 6.04 Å². The summed E-state index contributed by atoms with van der Waals surface area (Å²) in [4.78, 5) is 0. The van der Waals surface area contributed by atoms with E-state index in [2.05, 4.69) is 60.2 Å². The van der Waals surface area contributed by atoms with Crippen LogP contribution in [0.1, 0.15) is 45.1 Å². The van der Waals surface area contributed by atoms with Crippen molar-refractivity contribution in [1.82, 2.24) is 0 Å². The summed E-state index contributed by atoms with van der Waals surface area (Å²) in [6.45, 7) is 6.89. The lowest BCUT2D eigenvalue weighted by Gasteiger charge is -2.33. The summed E-state index contributed by atoms with van der Waals surface area (Å²) in [5.41, 5.74) is 2.61. The lowest BCUT2D eigenvalue weighted by molar-refractivity contribution is 0.264. The van der Waals surface area contributed by atoms with Crippen molar-refractivity contribution in [1.29, 1.82) is 0 Å². The van der Waals surface area contributed by atoms with Crippen LogP contribution in [0.5, 0.6) is 0 Å². The first-order valence-corrected chi connectivity index (χ1v) is 7.89. The lowest BCUT2D eigenvalue weighted by atomic mass is 9.79. The summed E-state index contributed by atoms with van der Waals surface area (Å²) in [5, 5.41) is 3.74. The van der Waals surface area contributed by atoms with E-state index in [1.54, 1.807) is 0 Å². The predicted molar refractivity (Wildman–Crippen MR) is 83.1 cm³/mol. The van der Waals surface area contributed by atoms with Crippen LogP contribution in [0.3, 0.4) is 0 Å². The normalized spacial score (nSPS) is 24.3. The van der Waals surface area contributed by atoms with Crippen LogP contribution in [-0.2, 0) is 0 Å². The maximum atomic E-state index is 3.74. The van der Waals surface area contributed by atoms with E-state index in [4.69, 9.17) is 0 Å². The smallest absolute Gasteiger partial charge is 0.0383 e. The SMILES string of the molecule is Cc1c(Br)cccc1NC1CCCC(C(C)C)C1. The van der Waals surface area contributed by atoms with Crippen LogP contribution in [0.4, 0.5) is 5.69 Å². The molecule has 1 aliphatic carbocycles. The third-order valence-electron chi connectivity index (χ3n) is 4.28. The second kappa shape index (κ2) is 6.10. The van der Waals surface area contributed by atoms with Gasteiger partial charge in [-0.05, 0) is 49.3 Å². The molecule has 0 aliphatic heterocycles. The first kappa shape index (κ1) is 13.9. The number of anilines is 1. The molecular weight excluding hydrogens is 286 g/mol. The monoisotopic (exact) mass is 309 g/mol. The third kappa shape index (κ3) is 3.28. The van der Waals surface area contributed by atoms with Gasteiger partial charge >= 0.3 is 0 Å². The quantitative estimate of drug-likeness (QED) is 0.790. The standard InChI is InChI=1S/C16H24BrN/c1-11(2)13-6-4-7-14(10-13)18-16-9-5-8-15(17)12(16)3/h5,8-9,11,13-14,18H,4,6-7,10H2,1-3H3. The van der Waals surface area contributed by atoms with Crippen molar-refractivity contribution in [3.05, 3.63) is 28.2 Å². The van der Waals surface area contributed by atoms with Crippen LogP contribution in [0.15, 0.2) is 22.7 Å². The fourth-order valence-electron chi connectivity index (χ4n) is 2.95. The van der Waals surface area contributed by atoms with E-state index in [9.17, 15) is 0 Å². The fraction of sp³-hybridized carbons (Fsp3) is 0.625. The Morgan fingerprint density at radius 1 is 1.28 bits per heavy atom. The van der Waals surface area contributed by atoms with Crippen molar-refractivity contribution >= 4 is 21.6 Å². The molecule has 100 valence electrons. The minimum Gasteiger partial charge on any atom is -0.382 e. The molecule has 0 spiro atoms. The Hall–Kier alpha value is -0.500. The predicted octanol–water partition coefficient (Wildman–Crippen LogP) is 5.38. The van der Waals surface area contributed by atoms with Crippen LogP contribution in [0.25, 0.3) is 0 Å². The Bertz CT molecular complexity index is 400. The molecule has 18 heavy (non-hydrogen) atoms. The molecule has 2 rings (SSSR count). The maximum Gasteiger partial charge on any atom is 0.0383 e. The Labute approximate surface area is 119 Å². The average Bonchev–Trinajstić information content (AvgIpc) is 2.35. The number of hydrogen-bond donors (Lipinski definition) is 1.